The highest BCUT2D eigenvalue weighted by molar-refractivity contribution is 5.05. The van der Waals surface area contributed by atoms with E-state index in [0.717, 1.165) is 24.6 Å². The number of aliphatic hydroxyl groups excluding tert-OH is 1. The Labute approximate surface area is 129 Å². The van der Waals surface area contributed by atoms with E-state index in [0.29, 0.717) is 31.6 Å². The van der Waals surface area contributed by atoms with E-state index in [1.807, 2.05) is 19.1 Å². The van der Waals surface area contributed by atoms with Gasteiger partial charge in [-0.05, 0) is 30.9 Å². The Morgan fingerprint density at radius 3 is 2.33 bits per heavy atom. The van der Waals surface area contributed by atoms with E-state index in [4.69, 9.17) is 9.15 Å². The Kier molecular flexibility index (Phi) is 8.01. The van der Waals surface area contributed by atoms with E-state index in [1.165, 1.54) is 0 Å². The SMILES string of the molecule is Cc1ccc(CN(CC(C)C)CC(O)COCC(C)C)o1. The summed E-state index contributed by atoms with van der Waals surface area (Å²) in [7, 11) is 0. The first-order valence-electron chi connectivity index (χ1n) is 7.90. The third kappa shape index (κ3) is 8.24. The average molecular weight is 297 g/mol. The molecule has 0 bridgehead atoms. The first kappa shape index (κ1) is 18.2. The van der Waals surface area contributed by atoms with E-state index in [9.17, 15) is 5.11 Å². The van der Waals surface area contributed by atoms with Gasteiger partial charge < -0.3 is 14.3 Å². The van der Waals surface area contributed by atoms with E-state index in [1.54, 1.807) is 0 Å². The zero-order chi connectivity index (χ0) is 15.8. The molecule has 0 spiro atoms. The van der Waals surface area contributed by atoms with E-state index < -0.39 is 6.10 Å². The van der Waals surface area contributed by atoms with E-state index in [-0.39, 0.29) is 0 Å². The Bertz CT molecular complexity index is 387. The van der Waals surface area contributed by atoms with Crippen LogP contribution in [0.5, 0.6) is 0 Å². The highest BCUT2D eigenvalue weighted by Gasteiger charge is 2.15. The Morgan fingerprint density at radius 1 is 1.10 bits per heavy atom. The molecule has 0 saturated carbocycles. The Hall–Kier alpha value is -0.840. The largest absolute Gasteiger partial charge is 0.465 e. The van der Waals surface area contributed by atoms with Gasteiger partial charge in [0.15, 0.2) is 0 Å². The summed E-state index contributed by atoms with van der Waals surface area (Å²) in [6, 6.07) is 3.98. The van der Waals surface area contributed by atoms with Gasteiger partial charge in [-0.15, -0.1) is 0 Å². The van der Waals surface area contributed by atoms with Gasteiger partial charge >= 0.3 is 0 Å². The van der Waals surface area contributed by atoms with E-state index in [2.05, 4.69) is 32.6 Å². The number of hydrogen-bond acceptors (Lipinski definition) is 4. The van der Waals surface area contributed by atoms with Crippen LogP contribution in [0.15, 0.2) is 16.5 Å². The van der Waals surface area contributed by atoms with Gasteiger partial charge in [0.2, 0.25) is 0 Å². The van der Waals surface area contributed by atoms with Crippen LogP contribution in [-0.2, 0) is 11.3 Å². The number of nitrogens with zero attached hydrogens (tertiary/aromatic N) is 1. The summed E-state index contributed by atoms with van der Waals surface area (Å²) in [6.07, 6.45) is -0.460. The van der Waals surface area contributed by atoms with Crippen molar-refractivity contribution in [1.29, 1.82) is 0 Å². The number of aryl methyl sites for hydroxylation is 1. The molecule has 4 nitrogen and oxygen atoms in total. The van der Waals surface area contributed by atoms with Gasteiger partial charge in [0.25, 0.3) is 0 Å². The monoisotopic (exact) mass is 297 g/mol. The van der Waals surface area contributed by atoms with Gasteiger partial charge in [-0.2, -0.15) is 0 Å². The van der Waals surface area contributed by atoms with Crippen molar-refractivity contribution in [2.45, 2.75) is 47.3 Å². The van der Waals surface area contributed by atoms with Gasteiger partial charge in [-0.1, -0.05) is 27.7 Å². The maximum atomic E-state index is 10.1. The molecule has 0 radical (unpaired) electrons. The van der Waals surface area contributed by atoms with Crippen molar-refractivity contribution >= 4 is 0 Å². The fraction of sp³-hybridized carbons (Fsp3) is 0.765. The zero-order valence-electron chi connectivity index (χ0n) is 14.1. The fourth-order valence-corrected chi connectivity index (χ4v) is 2.30. The molecule has 1 aromatic rings. The quantitative estimate of drug-likeness (QED) is 0.721. The van der Waals surface area contributed by atoms with Crippen molar-refractivity contribution in [3.8, 4) is 0 Å². The van der Waals surface area contributed by atoms with Crippen LogP contribution in [-0.4, -0.2) is 42.4 Å². The van der Waals surface area contributed by atoms with Crippen LogP contribution in [0.2, 0.25) is 0 Å². The molecule has 4 heteroatoms. The number of ether oxygens (including phenoxy) is 1. The topological polar surface area (TPSA) is 45.8 Å². The summed E-state index contributed by atoms with van der Waals surface area (Å²) in [4.78, 5) is 2.23. The minimum absolute atomic E-state index is 0.393. The van der Waals surface area contributed by atoms with Crippen molar-refractivity contribution < 1.29 is 14.3 Å². The summed E-state index contributed by atoms with van der Waals surface area (Å²) in [5, 5.41) is 10.1. The number of furan rings is 1. The summed E-state index contributed by atoms with van der Waals surface area (Å²) < 4.78 is 11.2. The third-order valence-electron chi connectivity index (χ3n) is 3.03. The number of aliphatic hydroxyl groups is 1. The van der Waals surface area contributed by atoms with Gasteiger partial charge in [-0.3, -0.25) is 4.90 Å². The van der Waals surface area contributed by atoms with Gasteiger partial charge in [0, 0.05) is 19.7 Å². The van der Waals surface area contributed by atoms with Crippen molar-refractivity contribution in [2.75, 3.05) is 26.3 Å². The summed E-state index contributed by atoms with van der Waals surface area (Å²) in [6.45, 7) is 13.9. The second kappa shape index (κ2) is 9.23. The van der Waals surface area contributed by atoms with Crippen LogP contribution >= 0.6 is 0 Å². The Balaban J connectivity index is 2.45. The molecule has 0 fully saturated rings. The second-order valence-corrected chi connectivity index (χ2v) is 6.69. The van der Waals surface area contributed by atoms with Gasteiger partial charge in [0.1, 0.15) is 11.5 Å². The molecule has 0 amide bonds. The molecule has 0 aromatic carbocycles. The Morgan fingerprint density at radius 2 is 1.81 bits per heavy atom. The van der Waals surface area contributed by atoms with Gasteiger partial charge in [-0.25, -0.2) is 0 Å². The molecule has 1 unspecified atom stereocenters. The minimum Gasteiger partial charge on any atom is -0.465 e. The van der Waals surface area contributed by atoms with Gasteiger partial charge in [0.05, 0.1) is 19.3 Å². The molecule has 122 valence electrons. The lowest BCUT2D eigenvalue weighted by atomic mass is 10.2. The summed E-state index contributed by atoms with van der Waals surface area (Å²) >= 11 is 0. The third-order valence-corrected chi connectivity index (χ3v) is 3.03. The standard InChI is InChI=1S/C17H31NO3/c1-13(2)8-18(10-17-7-6-15(5)21-17)9-16(19)12-20-11-14(3)4/h6-7,13-14,16,19H,8-12H2,1-5H3. The smallest absolute Gasteiger partial charge is 0.118 e. The molecule has 1 N–H and O–H groups in total. The predicted octanol–water partition coefficient (Wildman–Crippen LogP) is 3.08. The van der Waals surface area contributed by atoms with Crippen molar-refractivity contribution in [3.05, 3.63) is 23.7 Å². The number of hydrogen-bond donors (Lipinski definition) is 1. The van der Waals surface area contributed by atoms with Crippen LogP contribution in [0.25, 0.3) is 0 Å². The fourth-order valence-electron chi connectivity index (χ4n) is 2.30. The molecule has 1 aromatic heterocycles. The van der Waals surface area contributed by atoms with E-state index >= 15 is 0 Å². The normalized spacial score (nSPS) is 13.6. The summed E-state index contributed by atoms with van der Waals surface area (Å²) in [5.41, 5.74) is 0. The van der Waals surface area contributed by atoms with Crippen LogP contribution in [0, 0.1) is 18.8 Å². The highest BCUT2D eigenvalue weighted by Crippen LogP contribution is 2.12. The molecular weight excluding hydrogens is 266 g/mol. The number of rotatable bonds is 10. The average Bonchev–Trinajstić information content (AvgIpc) is 2.73. The second-order valence-electron chi connectivity index (χ2n) is 6.69. The molecule has 0 aliphatic heterocycles. The molecule has 1 atom stereocenters. The molecule has 0 aliphatic rings. The first-order chi connectivity index (χ1) is 9.86. The van der Waals surface area contributed by atoms with Crippen molar-refractivity contribution in [2.24, 2.45) is 11.8 Å². The van der Waals surface area contributed by atoms with Crippen LogP contribution < -0.4 is 0 Å². The molecular formula is C17H31NO3. The molecule has 0 aliphatic carbocycles. The van der Waals surface area contributed by atoms with Crippen LogP contribution in [0.3, 0.4) is 0 Å². The molecule has 21 heavy (non-hydrogen) atoms. The minimum atomic E-state index is -0.460. The lowest BCUT2D eigenvalue weighted by Crippen LogP contribution is -2.36. The lowest BCUT2D eigenvalue weighted by Gasteiger charge is -2.26. The summed E-state index contributed by atoms with van der Waals surface area (Å²) in [5.74, 6) is 2.92. The first-order valence-corrected chi connectivity index (χ1v) is 7.90. The van der Waals surface area contributed by atoms with Crippen molar-refractivity contribution in [3.63, 3.8) is 0 Å². The maximum Gasteiger partial charge on any atom is 0.118 e. The molecule has 1 heterocycles. The maximum absolute atomic E-state index is 10.1. The molecule has 0 saturated heterocycles. The van der Waals surface area contributed by atoms with Crippen molar-refractivity contribution in [1.82, 2.24) is 4.90 Å². The van der Waals surface area contributed by atoms with Crippen LogP contribution in [0.1, 0.15) is 39.2 Å². The zero-order valence-corrected chi connectivity index (χ0v) is 14.1. The lowest BCUT2D eigenvalue weighted by molar-refractivity contribution is 0.00425. The predicted molar refractivity (Wildman–Crippen MR) is 85.2 cm³/mol. The highest BCUT2D eigenvalue weighted by atomic mass is 16.5. The van der Waals surface area contributed by atoms with Crippen LogP contribution in [0.4, 0.5) is 0 Å². The molecule has 1 rings (SSSR count).